The molecule has 0 bridgehead atoms. The molecular formula is C32H41FN6O2. The maximum atomic E-state index is 13.3. The first-order valence-corrected chi connectivity index (χ1v) is 15.1. The molecule has 6 rings (SSSR count). The van der Waals surface area contributed by atoms with Gasteiger partial charge >= 0.3 is 0 Å². The summed E-state index contributed by atoms with van der Waals surface area (Å²) >= 11 is 0. The van der Waals surface area contributed by atoms with E-state index in [9.17, 15) is 9.18 Å². The fraction of sp³-hybridized carbons (Fsp3) is 0.500. The molecule has 0 aliphatic carbocycles. The monoisotopic (exact) mass is 560 g/mol. The lowest BCUT2D eigenvalue weighted by Gasteiger charge is -2.38. The van der Waals surface area contributed by atoms with Crippen LogP contribution in [0.25, 0.3) is 0 Å². The minimum Gasteiger partial charge on any atom is -0.369 e. The lowest BCUT2D eigenvalue weighted by Crippen LogP contribution is -2.50. The third-order valence-electron chi connectivity index (χ3n) is 8.98. The molecule has 0 unspecified atom stereocenters. The molecule has 8 nitrogen and oxygen atoms in total. The third-order valence-corrected chi connectivity index (χ3v) is 8.98. The minimum absolute atomic E-state index is 0.224. The normalized spacial score (nSPS) is 22.2. The van der Waals surface area contributed by atoms with E-state index in [0.717, 1.165) is 88.9 Å². The summed E-state index contributed by atoms with van der Waals surface area (Å²) in [6, 6.07) is 19.3. The molecule has 2 atom stereocenters. The number of anilines is 2. The van der Waals surface area contributed by atoms with Crippen molar-refractivity contribution in [3.05, 3.63) is 77.9 Å². The summed E-state index contributed by atoms with van der Waals surface area (Å²) in [5, 5.41) is 7.95. The number of aromatic nitrogens is 1. The predicted molar refractivity (Wildman–Crippen MR) is 158 cm³/mol. The Kier molecular flexibility index (Phi) is 8.82. The van der Waals surface area contributed by atoms with Gasteiger partial charge in [0.2, 0.25) is 5.91 Å². The molecule has 3 aromatic rings. The number of amides is 1. The summed E-state index contributed by atoms with van der Waals surface area (Å²) in [5.41, 5.74) is 3.29. The quantitative estimate of drug-likeness (QED) is 0.451. The Morgan fingerprint density at radius 1 is 0.878 bits per heavy atom. The summed E-state index contributed by atoms with van der Waals surface area (Å²) in [6.07, 6.45) is 2.41. The molecule has 1 aromatic heterocycles. The highest BCUT2D eigenvalue weighted by Gasteiger charge is 2.31. The zero-order valence-electron chi connectivity index (χ0n) is 23.8. The number of hydrogen-bond acceptors (Lipinski definition) is 7. The molecule has 0 saturated carbocycles. The standard InChI is InChI=1S/C32H41FN6O2/c33-27-6-8-30(9-7-27)38-16-18-39(19-17-38)32(40)21-25-10-11-34-23-26(25)20-28-22-31(41-35-28)24-36-12-14-37(15-13-36)29-4-2-1-3-5-29/h1-9,22,25-26,34H,10-21,23-24H2/t25-,26-/m0/s1. The van der Waals surface area contributed by atoms with Crippen LogP contribution in [0.4, 0.5) is 15.8 Å². The van der Waals surface area contributed by atoms with Crippen LogP contribution in [0.1, 0.15) is 24.3 Å². The van der Waals surface area contributed by atoms with Gasteiger partial charge in [0.15, 0.2) is 5.76 Å². The summed E-state index contributed by atoms with van der Waals surface area (Å²) in [6.45, 7) is 9.61. The van der Waals surface area contributed by atoms with Crippen LogP contribution in [0.5, 0.6) is 0 Å². The fourth-order valence-corrected chi connectivity index (χ4v) is 6.52. The van der Waals surface area contributed by atoms with Gasteiger partial charge in [0.1, 0.15) is 5.82 Å². The second-order valence-corrected chi connectivity index (χ2v) is 11.6. The average molecular weight is 561 g/mol. The van der Waals surface area contributed by atoms with E-state index >= 15 is 0 Å². The van der Waals surface area contributed by atoms with Crippen LogP contribution in [0.3, 0.4) is 0 Å². The molecule has 3 fully saturated rings. The zero-order chi connectivity index (χ0) is 28.0. The van der Waals surface area contributed by atoms with Crippen LogP contribution in [-0.4, -0.2) is 86.3 Å². The Morgan fingerprint density at radius 2 is 1.56 bits per heavy atom. The van der Waals surface area contributed by atoms with Crippen molar-refractivity contribution in [1.29, 1.82) is 0 Å². The van der Waals surface area contributed by atoms with E-state index in [-0.39, 0.29) is 11.7 Å². The van der Waals surface area contributed by atoms with Crippen LogP contribution >= 0.6 is 0 Å². The van der Waals surface area contributed by atoms with Gasteiger partial charge < -0.3 is 24.5 Å². The van der Waals surface area contributed by atoms with Crippen molar-refractivity contribution in [3.8, 4) is 0 Å². The molecule has 2 aromatic carbocycles. The van der Waals surface area contributed by atoms with Gasteiger partial charge in [-0.3, -0.25) is 9.69 Å². The van der Waals surface area contributed by atoms with Gasteiger partial charge in [-0.15, -0.1) is 0 Å². The van der Waals surface area contributed by atoms with Gasteiger partial charge in [0.25, 0.3) is 0 Å². The summed E-state index contributed by atoms with van der Waals surface area (Å²) < 4.78 is 19.0. The van der Waals surface area contributed by atoms with E-state index in [0.29, 0.717) is 31.3 Å². The van der Waals surface area contributed by atoms with Crippen LogP contribution in [0.15, 0.2) is 65.2 Å². The average Bonchev–Trinajstić information content (AvgIpc) is 3.46. The van der Waals surface area contributed by atoms with Crippen LogP contribution < -0.4 is 15.1 Å². The predicted octanol–water partition coefficient (Wildman–Crippen LogP) is 3.64. The number of rotatable bonds is 8. The van der Waals surface area contributed by atoms with Gasteiger partial charge in [-0.25, -0.2) is 4.39 Å². The molecular weight excluding hydrogens is 519 g/mol. The molecule has 1 amide bonds. The number of piperidine rings is 1. The van der Waals surface area contributed by atoms with E-state index in [1.54, 1.807) is 0 Å². The number of halogens is 1. The van der Waals surface area contributed by atoms with E-state index in [2.05, 4.69) is 61.6 Å². The van der Waals surface area contributed by atoms with Crippen molar-refractivity contribution in [2.24, 2.45) is 11.8 Å². The van der Waals surface area contributed by atoms with E-state index < -0.39 is 0 Å². The number of hydrogen-bond donors (Lipinski definition) is 1. The molecule has 4 heterocycles. The molecule has 0 radical (unpaired) electrons. The molecule has 1 N–H and O–H groups in total. The van der Waals surface area contributed by atoms with Gasteiger partial charge in [-0.1, -0.05) is 23.4 Å². The molecule has 3 aliphatic heterocycles. The topological polar surface area (TPSA) is 68.1 Å². The van der Waals surface area contributed by atoms with Crippen LogP contribution in [0.2, 0.25) is 0 Å². The maximum Gasteiger partial charge on any atom is 0.222 e. The Morgan fingerprint density at radius 3 is 2.29 bits per heavy atom. The number of carbonyl (C=O) groups is 1. The van der Waals surface area contributed by atoms with E-state index in [1.807, 2.05) is 17.0 Å². The highest BCUT2D eigenvalue weighted by Crippen LogP contribution is 2.28. The van der Waals surface area contributed by atoms with Crippen molar-refractivity contribution in [2.45, 2.75) is 25.8 Å². The lowest BCUT2D eigenvalue weighted by atomic mass is 9.81. The van der Waals surface area contributed by atoms with Gasteiger partial charge in [-0.2, -0.15) is 0 Å². The van der Waals surface area contributed by atoms with Crippen LogP contribution in [0, 0.1) is 17.7 Å². The van der Waals surface area contributed by atoms with E-state index in [4.69, 9.17) is 4.52 Å². The summed E-state index contributed by atoms with van der Waals surface area (Å²) in [5.74, 6) is 1.64. The number of nitrogens with zero attached hydrogens (tertiary/aromatic N) is 5. The highest BCUT2D eigenvalue weighted by atomic mass is 19.1. The summed E-state index contributed by atoms with van der Waals surface area (Å²) in [7, 11) is 0. The third kappa shape index (κ3) is 7.08. The Hall–Kier alpha value is -3.43. The molecule has 3 saturated heterocycles. The number of benzene rings is 2. The first-order valence-electron chi connectivity index (χ1n) is 15.1. The molecule has 0 spiro atoms. The number of para-hydroxylation sites is 1. The lowest BCUT2D eigenvalue weighted by molar-refractivity contribution is -0.133. The van der Waals surface area contributed by atoms with Gasteiger partial charge in [0, 0.05) is 76.2 Å². The van der Waals surface area contributed by atoms with Crippen molar-refractivity contribution >= 4 is 17.3 Å². The highest BCUT2D eigenvalue weighted by molar-refractivity contribution is 5.77. The van der Waals surface area contributed by atoms with Gasteiger partial charge in [0.05, 0.1) is 12.2 Å². The fourth-order valence-electron chi connectivity index (χ4n) is 6.52. The molecule has 3 aliphatic rings. The van der Waals surface area contributed by atoms with Gasteiger partial charge in [-0.05, 0) is 74.2 Å². The van der Waals surface area contributed by atoms with Crippen molar-refractivity contribution < 1.29 is 13.7 Å². The number of nitrogens with one attached hydrogen (secondary N) is 1. The number of carbonyl (C=O) groups excluding carboxylic acids is 1. The Balaban J connectivity index is 0.970. The SMILES string of the molecule is O=C(C[C@@H]1CCNC[C@@H]1Cc1cc(CN2CCN(c3ccccc3)CC2)on1)N1CCN(c2ccc(F)cc2)CC1. The van der Waals surface area contributed by atoms with Crippen molar-refractivity contribution in [3.63, 3.8) is 0 Å². The first-order chi connectivity index (χ1) is 20.1. The first kappa shape index (κ1) is 27.7. The van der Waals surface area contributed by atoms with Crippen molar-refractivity contribution in [1.82, 2.24) is 20.3 Å². The Labute approximate surface area is 242 Å². The molecule has 41 heavy (non-hydrogen) atoms. The largest absolute Gasteiger partial charge is 0.369 e. The van der Waals surface area contributed by atoms with Crippen LogP contribution in [-0.2, 0) is 17.8 Å². The molecule has 9 heteroatoms. The smallest absolute Gasteiger partial charge is 0.222 e. The summed E-state index contributed by atoms with van der Waals surface area (Å²) in [4.78, 5) is 22.4. The minimum atomic E-state index is -0.224. The Bertz CT molecular complexity index is 1250. The molecule has 218 valence electrons. The van der Waals surface area contributed by atoms with Crippen molar-refractivity contribution in [2.75, 3.05) is 75.2 Å². The second-order valence-electron chi connectivity index (χ2n) is 11.6. The van der Waals surface area contributed by atoms with E-state index in [1.165, 1.54) is 17.8 Å². The zero-order valence-corrected chi connectivity index (χ0v) is 23.8. The second kappa shape index (κ2) is 13.0. The maximum absolute atomic E-state index is 13.3. The number of piperazine rings is 2.